The van der Waals surface area contributed by atoms with Gasteiger partial charge in [-0.25, -0.2) is 0 Å². The van der Waals surface area contributed by atoms with Crippen molar-refractivity contribution in [1.82, 2.24) is 10.5 Å². The fraction of sp³-hybridized carbons (Fsp3) is 0.182. The third-order valence-electron chi connectivity index (χ3n) is 2.12. The van der Waals surface area contributed by atoms with Crippen molar-refractivity contribution in [3.8, 4) is 0 Å². The van der Waals surface area contributed by atoms with E-state index in [9.17, 15) is 4.79 Å². The number of rotatable bonds is 4. The van der Waals surface area contributed by atoms with Crippen LogP contribution in [0.25, 0.3) is 0 Å². The summed E-state index contributed by atoms with van der Waals surface area (Å²) in [6, 6.07) is 9.00. The Bertz CT molecular complexity index is 501. The van der Waals surface area contributed by atoms with Crippen LogP contribution in [0, 0.1) is 0 Å². The Kier molecular flexibility index (Phi) is 3.44. The minimum Gasteiger partial charge on any atom is -0.382 e. The van der Waals surface area contributed by atoms with Crippen molar-refractivity contribution in [1.29, 1.82) is 0 Å². The molecule has 5 heteroatoms. The Hall–Kier alpha value is -1.52. The van der Waals surface area contributed by atoms with Crippen LogP contribution in [-0.4, -0.2) is 5.16 Å². The van der Waals surface area contributed by atoms with Crippen molar-refractivity contribution < 1.29 is 4.52 Å². The fourth-order valence-corrected chi connectivity index (χ4v) is 1.47. The van der Waals surface area contributed by atoms with E-state index < -0.39 is 0 Å². The number of aromatic nitrogens is 1. The summed E-state index contributed by atoms with van der Waals surface area (Å²) in [5.41, 5.74) is 0.908. The first-order valence-corrected chi connectivity index (χ1v) is 5.24. The van der Waals surface area contributed by atoms with Gasteiger partial charge in [0.05, 0.1) is 6.54 Å². The summed E-state index contributed by atoms with van der Waals surface area (Å²) in [5, 5.41) is 6.11. The molecule has 0 amide bonds. The van der Waals surface area contributed by atoms with E-state index in [0.717, 1.165) is 10.6 Å². The highest BCUT2D eigenvalue weighted by Crippen LogP contribution is 2.09. The van der Waals surface area contributed by atoms with Crippen LogP contribution in [-0.2, 0) is 13.1 Å². The van der Waals surface area contributed by atoms with Gasteiger partial charge in [0.1, 0.15) is 0 Å². The summed E-state index contributed by atoms with van der Waals surface area (Å²) >= 11 is 5.77. The Labute approximate surface area is 97.2 Å². The lowest BCUT2D eigenvalue weighted by Crippen LogP contribution is -2.12. The lowest BCUT2D eigenvalue weighted by Gasteiger charge is -2.02. The molecule has 0 radical (unpaired) electrons. The van der Waals surface area contributed by atoms with Gasteiger partial charge in [0, 0.05) is 17.6 Å². The SMILES string of the molecule is O=c1cc(CNCc2ccc(Cl)cc2)o[nH]1. The standard InChI is InChI=1S/C11H11ClN2O2/c12-9-3-1-8(2-4-9)6-13-7-10-5-11(15)14-16-10/h1-5,13H,6-7H2,(H,14,15). The van der Waals surface area contributed by atoms with E-state index in [1.165, 1.54) is 6.07 Å². The number of aromatic amines is 1. The lowest BCUT2D eigenvalue weighted by atomic mass is 10.2. The zero-order chi connectivity index (χ0) is 11.4. The maximum Gasteiger partial charge on any atom is 0.280 e. The average molecular weight is 239 g/mol. The molecule has 0 saturated carbocycles. The predicted octanol–water partition coefficient (Wildman–Crippen LogP) is 1.91. The van der Waals surface area contributed by atoms with Crippen LogP contribution in [0.15, 0.2) is 39.6 Å². The Morgan fingerprint density at radius 2 is 2.00 bits per heavy atom. The molecule has 1 aromatic heterocycles. The van der Waals surface area contributed by atoms with E-state index in [1.54, 1.807) is 0 Å². The highest BCUT2D eigenvalue weighted by Gasteiger charge is 1.99. The van der Waals surface area contributed by atoms with Gasteiger partial charge in [-0.2, -0.15) is 5.16 Å². The summed E-state index contributed by atoms with van der Waals surface area (Å²) in [6.45, 7) is 1.22. The van der Waals surface area contributed by atoms with Gasteiger partial charge in [-0.1, -0.05) is 23.7 Å². The van der Waals surface area contributed by atoms with E-state index in [2.05, 4.69) is 10.5 Å². The number of hydrogen-bond acceptors (Lipinski definition) is 3. The minimum atomic E-state index is -0.219. The van der Waals surface area contributed by atoms with Crippen LogP contribution in [0.3, 0.4) is 0 Å². The molecule has 2 aromatic rings. The number of halogens is 1. The van der Waals surface area contributed by atoms with Gasteiger partial charge in [-0.15, -0.1) is 0 Å². The van der Waals surface area contributed by atoms with E-state index in [0.29, 0.717) is 18.8 Å². The van der Waals surface area contributed by atoms with Crippen molar-refractivity contribution in [2.75, 3.05) is 0 Å². The maximum atomic E-state index is 10.8. The largest absolute Gasteiger partial charge is 0.382 e. The molecule has 1 heterocycles. The quantitative estimate of drug-likeness (QED) is 0.856. The topological polar surface area (TPSA) is 58.0 Å². The molecule has 16 heavy (non-hydrogen) atoms. The third kappa shape index (κ3) is 2.98. The predicted molar refractivity (Wildman–Crippen MR) is 61.3 cm³/mol. The van der Waals surface area contributed by atoms with Crippen LogP contribution in [0.5, 0.6) is 0 Å². The second kappa shape index (κ2) is 5.01. The van der Waals surface area contributed by atoms with E-state index in [4.69, 9.17) is 16.1 Å². The van der Waals surface area contributed by atoms with Crippen molar-refractivity contribution in [2.24, 2.45) is 0 Å². The van der Waals surface area contributed by atoms with Crippen LogP contribution in [0.1, 0.15) is 11.3 Å². The summed E-state index contributed by atoms with van der Waals surface area (Å²) in [4.78, 5) is 10.8. The van der Waals surface area contributed by atoms with Crippen LogP contribution in [0.2, 0.25) is 5.02 Å². The maximum absolute atomic E-state index is 10.8. The fourth-order valence-electron chi connectivity index (χ4n) is 1.34. The molecule has 2 N–H and O–H groups in total. The second-order valence-corrected chi connectivity index (χ2v) is 3.85. The molecule has 2 rings (SSSR count). The van der Waals surface area contributed by atoms with Gasteiger partial charge in [-0.3, -0.25) is 4.79 Å². The lowest BCUT2D eigenvalue weighted by molar-refractivity contribution is 0.368. The molecule has 0 fully saturated rings. The van der Waals surface area contributed by atoms with Gasteiger partial charge < -0.3 is 9.84 Å². The van der Waals surface area contributed by atoms with E-state index in [1.807, 2.05) is 24.3 Å². The summed E-state index contributed by atoms with van der Waals surface area (Å²) in [5.74, 6) is 0.596. The zero-order valence-electron chi connectivity index (χ0n) is 8.50. The van der Waals surface area contributed by atoms with Gasteiger partial charge >= 0.3 is 0 Å². The molecule has 0 aliphatic rings. The molecule has 0 atom stereocenters. The molecule has 84 valence electrons. The molecular weight excluding hydrogens is 228 g/mol. The highest BCUT2D eigenvalue weighted by molar-refractivity contribution is 6.30. The normalized spacial score (nSPS) is 10.6. The van der Waals surface area contributed by atoms with Crippen molar-refractivity contribution in [2.45, 2.75) is 13.1 Å². The van der Waals surface area contributed by atoms with Crippen molar-refractivity contribution in [3.63, 3.8) is 0 Å². The third-order valence-corrected chi connectivity index (χ3v) is 2.37. The van der Waals surface area contributed by atoms with Crippen LogP contribution < -0.4 is 10.9 Å². The number of H-pyrrole nitrogens is 1. The smallest absolute Gasteiger partial charge is 0.280 e. The minimum absolute atomic E-state index is 0.219. The second-order valence-electron chi connectivity index (χ2n) is 3.41. The highest BCUT2D eigenvalue weighted by atomic mass is 35.5. The molecule has 0 unspecified atom stereocenters. The van der Waals surface area contributed by atoms with Gasteiger partial charge in [0.2, 0.25) is 0 Å². The summed E-state index contributed by atoms with van der Waals surface area (Å²) in [6.07, 6.45) is 0. The Balaban J connectivity index is 1.84. The molecular formula is C11H11ClN2O2. The summed E-state index contributed by atoms with van der Waals surface area (Å²) in [7, 11) is 0. The number of nitrogens with one attached hydrogen (secondary N) is 2. The van der Waals surface area contributed by atoms with Crippen molar-refractivity contribution in [3.05, 3.63) is 57.0 Å². The van der Waals surface area contributed by atoms with E-state index in [-0.39, 0.29) is 5.56 Å². The van der Waals surface area contributed by atoms with Crippen molar-refractivity contribution >= 4 is 11.6 Å². The van der Waals surface area contributed by atoms with Crippen LogP contribution in [0.4, 0.5) is 0 Å². The summed E-state index contributed by atoms with van der Waals surface area (Å²) < 4.78 is 4.90. The molecule has 0 aliphatic heterocycles. The van der Waals surface area contributed by atoms with Gasteiger partial charge in [0.25, 0.3) is 5.56 Å². The Morgan fingerprint density at radius 3 is 2.62 bits per heavy atom. The molecule has 0 spiro atoms. The molecule has 0 bridgehead atoms. The zero-order valence-corrected chi connectivity index (χ0v) is 9.25. The first kappa shape index (κ1) is 11.0. The monoisotopic (exact) mass is 238 g/mol. The first-order chi connectivity index (χ1) is 7.74. The molecule has 1 aromatic carbocycles. The van der Waals surface area contributed by atoms with Gasteiger partial charge in [0.15, 0.2) is 5.76 Å². The van der Waals surface area contributed by atoms with E-state index >= 15 is 0 Å². The Morgan fingerprint density at radius 1 is 1.25 bits per heavy atom. The number of hydrogen-bond donors (Lipinski definition) is 2. The molecule has 0 saturated heterocycles. The van der Waals surface area contributed by atoms with Crippen LogP contribution >= 0.6 is 11.6 Å². The molecule has 4 nitrogen and oxygen atoms in total. The number of benzene rings is 1. The average Bonchev–Trinajstić information content (AvgIpc) is 2.67. The molecule has 0 aliphatic carbocycles. The first-order valence-electron chi connectivity index (χ1n) is 4.86. The van der Waals surface area contributed by atoms with Gasteiger partial charge in [-0.05, 0) is 17.7 Å².